The number of aryl methyl sites for hydroxylation is 1. The molecule has 0 bridgehead atoms. The average molecular weight is 282 g/mol. The fourth-order valence-electron chi connectivity index (χ4n) is 3.05. The Labute approximate surface area is 120 Å². The summed E-state index contributed by atoms with van der Waals surface area (Å²) >= 11 is 0. The summed E-state index contributed by atoms with van der Waals surface area (Å²) in [5.74, 6) is 1.90. The van der Waals surface area contributed by atoms with Crippen molar-refractivity contribution in [1.29, 1.82) is 0 Å². The van der Waals surface area contributed by atoms with E-state index in [-0.39, 0.29) is 11.7 Å². The summed E-state index contributed by atoms with van der Waals surface area (Å²) in [6.45, 7) is 6.68. The second-order valence-corrected chi connectivity index (χ2v) is 6.03. The Morgan fingerprint density at radius 3 is 3.00 bits per heavy atom. The van der Waals surface area contributed by atoms with Gasteiger partial charge in [0.1, 0.15) is 5.60 Å². The van der Waals surface area contributed by atoms with Gasteiger partial charge in [0.25, 0.3) is 0 Å². The molecule has 5 nitrogen and oxygen atoms in total. The second-order valence-electron chi connectivity index (χ2n) is 6.03. The Balaban J connectivity index is 2.13. The Morgan fingerprint density at radius 2 is 2.35 bits per heavy atom. The highest BCUT2D eigenvalue weighted by Gasteiger charge is 2.41. The Kier molecular flexibility index (Phi) is 5.16. The quantitative estimate of drug-likeness (QED) is 0.869. The van der Waals surface area contributed by atoms with Crippen molar-refractivity contribution in [3.05, 3.63) is 11.7 Å². The van der Waals surface area contributed by atoms with Crippen molar-refractivity contribution in [3.8, 4) is 0 Å². The van der Waals surface area contributed by atoms with Crippen molar-refractivity contribution >= 4 is 0 Å². The third-order valence-electron chi connectivity index (χ3n) is 4.03. The van der Waals surface area contributed by atoms with Crippen molar-refractivity contribution in [2.24, 2.45) is 5.92 Å². The highest BCUT2D eigenvalue weighted by molar-refractivity contribution is 5.04. The van der Waals surface area contributed by atoms with Crippen molar-refractivity contribution in [1.82, 2.24) is 10.1 Å². The number of hydrogen-bond acceptors (Lipinski definition) is 5. The van der Waals surface area contributed by atoms with Crippen molar-refractivity contribution < 1.29 is 14.4 Å². The van der Waals surface area contributed by atoms with Crippen LogP contribution in [0.5, 0.6) is 0 Å². The van der Waals surface area contributed by atoms with E-state index in [9.17, 15) is 5.11 Å². The topological polar surface area (TPSA) is 68.4 Å². The summed E-state index contributed by atoms with van der Waals surface area (Å²) in [5, 5.41) is 13.5. The molecular formula is C15H26N2O3. The van der Waals surface area contributed by atoms with Gasteiger partial charge in [-0.15, -0.1) is 0 Å². The maximum atomic E-state index is 9.32. The zero-order valence-corrected chi connectivity index (χ0v) is 12.8. The van der Waals surface area contributed by atoms with Crippen LogP contribution >= 0.6 is 0 Å². The highest BCUT2D eigenvalue weighted by atomic mass is 16.5. The van der Waals surface area contributed by atoms with Gasteiger partial charge in [-0.05, 0) is 45.4 Å². The SMILES string of the molecule is CCOC1(c2noc(CCC(C)O)n2)CCCC(C)C1. The molecule has 3 atom stereocenters. The monoisotopic (exact) mass is 282 g/mol. The van der Waals surface area contributed by atoms with Gasteiger partial charge in [-0.2, -0.15) is 4.98 Å². The standard InChI is InChI=1S/C15H26N2O3/c1-4-19-15(9-5-6-11(2)10-15)14-16-13(20-17-14)8-7-12(3)18/h11-12,18H,4-10H2,1-3H3. The van der Waals surface area contributed by atoms with Gasteiger partial charge < -0.3 is 14.4 Å². The highest BCUT2D eigenvalue weighted by Crippen LogP contribution is 2.41. The van der Waals surface area contributed by atoms with Crippen LogP contribution in [0, 0.1) is 5.92 Å². The molecule has 1 aliphatic carbocycles. The summed E-state index contributed by atoms with van der Waals surface area (Å²) in [6.07, 6.45) is 5.19. The molecule has 1 heterocycles. The third-order valence-corrected chi connectivity index (χ3v) is 4.03. The molecule has 1 N–H and O–H groups in total. The molecule has 114 valence electrons. The van der Waals surface area contributed by atoms with Crippen molar-refractivity contribution in [2.45, 2.75) is 71.0 Å². The van der Waals surface area contributed by atoms with Gasteiger partial charge in [-0.3, -0.25) is 0 Å². The Morgan fingerprint density at radius 1 is 1.55 bits per heavy atom. The molecule has 1 fully saturated rings. The van der Waals surface area contributed by atoms with E-state index < -0.39 is 0 Å². The molecule has 0 aliphatic heterocycles. The summed E-state index contributed by atoms with van der Waals surface area (Å²) in [4.78, 5) is 4.52. The maximum Gasteiger partial charge on any atom is 0.226 e. The molecule has 0 saturated heterocycles. The predicted molar refractivity (Wildman–Crippen MR) is 75.2 cm³/mol. The van der Waals surface area contributed by atoms with Crippen LogP contribution in [0.4, 0.5) is 0 Å². The van der Waals surface area contributed by atoms with Crippen LogP contribution in [0.15, 0.2) is 4.52 Å². The van der Waals surface area contributed by atoms with E-state index in [0.29, 0.717) is 37.1 Å². The lowest BCUT2D eigenvalue weighted by Gasteiger charge is -2.37. The van der Waals surface area contributed by atoms with Gasteiger partial charge in [-0.1, -0.05) is 18.5 Å². The lowest BCUT2D eigenvalue weighted by molar-refractivity contribution is -0.0891. The van der Waals surface area contributed by atoms with Crippen molar-refractivity contribution in [3.63, 3.8) is 0 Å². The number of ether oxygens (including phenoxy) is 1. The van der Waals surface area contributed by atoms with Gasteiger partial charge >= 0.3 is 0 Å². The van der Waals surface area contributed by atoms with Crippen molar-refractivity contribution in [2.75, 3.05) is 6.61 Å². The van der Waals surface area contributed by atoms with Gasteiger partial charge in [-0.25, -0.2) is 0 Å². The van der Waals surface area contributed by atoms with Crippen LogP contribution in [0.25, 0.3) is 0 Å². The number of rotatable bonds is 6. The minimum Gasteiger partial charge on any atom is -0.393 e. The van der Waals surface area contributed by atoms with E-state index in [1.165, 1.54) is 6.42 Å². The molecule has 0 radical (unpaired) electrons. The van der Waals surface area contributed by atoms with Gasteiger partial charge in [0, 0.05) is 13.0 Å². The first-order chi connectivity index (χ1) is 9.55. The Bertz CT molecular complexity index is 415. The van der Waals surface area contributed by atoms with Crippen LogP contribution < -0.4 is 0 Å². The number of nitrogens with zero attached hydrogens (tertiary/aromatic N) is 2. The molecule has 1 saturated carbocycles. The van der Waals surface area contributed by atoms with Gasteiger partial charge in [0.15, 0.2) is 0 Å². The van der Waals surface area contributed by atoms with E-state index in [2.05, 4.69) is 17.1 Å². The lowest BCUT2D eigenvalue weighted by Crippen LogP contribution is -2.36. The first-order valence-electron chi connectivity index (χ1n) is 7.71. The smallest absolute Gasteiger partial charge is 0.226 e. The molecule has 5 heteroatoms. The molecule has 3 unspecified atom stereocenters. The molecule has 1 aromatic heterocycles. The summed E-state index contributed by atoms with van der Waals surface area (Å²) < 4.78 is 11.4. The van der Waals surface area contributed by atoms with Crippen LogP contribution in [-0.4, -0.2) is 28.0 Å². The van der Waals surface area contributed by atoms with E-state index in [0.717, 1.165) is 19.3 Å². The third kappa shape index (κ3) is 3.58. The second kappa shape index (κ2) is 6.68. The maximum absolute atomic E-state index is 9.32. The fourth-order valence-corrected chi connectivity index (χ4v) is 3.05. The molecular weight excluding hydrogens is 256 g/mol. The number of hydrogen-bond donors (Lipinski definition) is 1. The van der Waals surface area contributed by atoms with Crippen LogP contribution in [0.3, 0.4) is 0 Å². The molecule has 2 rings (SSSR count). The molecule has 20 heavy (non-hydrogen) atoms. The number of aromatic nitrogens is 2. The zero-order chi connectivity index (χ0) is 14.6. The van der Waals surface area contributed by atoms with E-state index in [4.69, 9.17) is 9.26 Å². The largest absolute Gasteiger partial charge is 0.393 e. The lowest BCUT2D eigenvalue weighted by atomic mass is 9.78. The normalized spacial score (nSPS) is 28.5. The van der Waals surface area contributed by atoms with Gasteiger partial charge in [0.05, 0.1) is 6.10 Å². The van der Waals surface area contributed by atoms with E-state index in [1.54, 1.807) is 6.92 Å². The molecule has 1 aliphatic rings. The Hall–Kier alpha value is -0.940. The minimum absolute atomic E-state index is 0.346. The summed E-state index contributed by atoms with van der Waals surface area (Å²) in [7, 11) is 0. The predicted octanol–water partition coefficient (Wildman–Crippen LogP) is 2.82. The fraction of sp³-hybridized carbons (Fsp3) is 0.867. The minimum atomic E-state index is -0.376. The zero-order valence-electron chi connectivity index (χ0n) is 12.8. The summed E-state index contributed by atoms with van der Waals surface area (Å²) in [5.41, 5.74) is -0.376. The number of aliphatic hydroxyl groups excluding tert-OH is 1. The first-order valence-corrected chi connectivity index (χ1v) is 7.71. The van der Waals surface area contributed by atoms with Crippen LogP contribution in [-0.2, 0) is 16.8 Å². The first kappa shape index (κ1) is 15.4. The van der Waals surface area contributed by atoms with Gasteiger partial charge in [0.2, 0.25) is 11.7 Å². The molecule has 0 amide bonds. The molecule has 0 spiro atoms. The van der Waals surface area contributed by atoms with E-state index in [1.807, 2.05) is 6.92 Å². The van der Waals surface area contributed by atoms with E-state index >= 15 is 0 Å². The molecule has 0 aromatic carbocycles. The molecule has 1 aromatic rings. The van der Waals surface area contributed by atoms with Crippen LogP contribution in [0.1, 0.15) is 64.6 Å². The summed E-state index contributed by atoms with van der Waals surface area (Å²) in [6, 6.07) is 0. The average Bonchev–Trinajstić information content (AvgIpc) is 2.86. The van der Waals surface area contributed by atoms with Crippen LogP contribution in [0.2, 0.25) is 0 Å². The number of aliphatic hydroxyl groups is 1.